The first-order valence-corrected chi connectivity index (χ1v) is 9.66. The Morgan fingerprint density at radius 1 is 1.19 bits per heavy atom. The molecule has 0 unspecified atom stereocenters. The van der Waals surface area contributed by atoms with E-state index in [1.807, 2.05) is 43.9 Å². The van der Waals surface area contributed by atoms with Crippen molar-refractivity contribution in [1.82, 2.24) is 14.8 Å². The third kappa shape index (κ3) is 9.73. The number of unbranched alkanes of at least 4 members (excludes halogenated alkanes) is 2. The Bertz CT molecular complexity index is 494. The third-order valence-electron chi connectivity index (χ3n) is 4.04. The Kier molecular flexibility index (Phi) is 10.2. The Morgan fingerprint density at radius 2 is 1.88 bits per heavy atom. The Balaban J connectivity index is 0.000000350. The SMILES string of the molecule is CCCCCN1CCN(C(=O)OC(C)(C)C)CC1.NCc1ccccn1. The fourth-order valence-corrected chi connectivity index (χ4v) is 2.58. The van der Waals surface area contributed by atoms with Crippen LogP contribution in [0.1, 0.15) is 52.7 Å². The minimum Gasteiger partial charge on any atom is -0.444 e. The van der Waals surface area contributed by atoms with Gasteiger partial charge < -0.3 is 15.4 Å². The van der Waals surface area contributed by atoms with E-state index in [0.29, 0.717) is 6.54 Å². The number of amides is 1. The standard InChI is InChI=1S/C14H28N2O2.C6H8N2/c1-5-6-7-8-15-9-11-16(12-10-15)13(17)18-14(2,3)4;7-5-6-3-1-2-4-8-6/h5-12H2,1-4H3;1-4H,5,7H2. The van der Waals surface area contributed by atoms with Gasteiger partial charge in [-0.05, 0) is 45.9 Å². The normalized spacial score (nSPS) is 15.2. The van der Waals surface area contributed by atoms with Crippen molar-refractivity contribution in [2.75, 3.05) is 32.7 Å². The Hall–Kier alpha value is -1.66. The average molecular weight is 365 g/mol. The Morgan fingerprint density at radius 3 is 2.35 bits per heavy atom. The fourth-order valence-electron chi connectivity index (χ4n) is 2.58. The van der Waals surface area contributed by atoms with Gasteiger partial charge in [-0.2, -0.15) is 0 Å². The summed E-state index contributed by atoms with van der Waals surface area (Å²) in [6, 6.07) is 5.70. The number of aromatic nitrogens is 1. The summed E-state index contributed by atoms with van der Waals surface area (Å²) in [5.41, 5.74) is 5.83. The van der Waals surface area contributed by atoms with E-state index >= 15 is 0 Å². The lowest BCUT2D eigenvalue weighted by Gasteiger charge is -2.35. The maximum atomic E-state index is 11.9. The van der Waals surface area contributed by atoms with E-state index in [2.05, 4.69) is 16.8 Å². The van der Waals surface area contributed by atoms with Gasteiger partial charge in [0, 0.05) is 38.9 Å². The smallest absolute Gasteiger partial charge is 0.410 e. The van der Waals surface area contributed by atoms with Crippen molar-refractivity contribution in [3.8, 4) is 0 Å². The molecule has 1 aromatic rings. The first-order valence-electron chi connectivity index (χ1n) is 9.66. The Labute approximate surface area is 158 Å². The van der Waals surface area contributed by atoms with E-state index in [1.54, 1.807) is 6.20 Å². The largest absolute Gasteiger partial charge is 0.444 e. The molecule has 1 aliphatic rings. The van der Waals surface area contributed by atoms with E-state index < -0.39 is 5.60 Å². The van der Waals surface area contributed by atoms with E-state index in [-0.39, 0.29) is 6.09 Å². The summed E-state index contributed by atoms with van der Waals surface area (Å²) in [6.45, 7) is 13.2. The van der Waals surface area contributed by atoms with Gasteiger partial charge in [0.25, 0.3) is 0 Å². The second kappa shape index (κ2) is 11.9. The summed E-state index contributed by atoms with van der Waals surface area (Å²) in [7, 11) is 0. The first kappa shape index (κ1) is 22.4. The van der Waals surface area contributed by atoms with Crippen LogP contribution in [0.5, 0.6) is 0 Å². The van der Waals surface area contributed by atoms with E-state index in [0.717, 1.165) is 38.4 Å². The number of carbonyl (C=O) groups excluding carboxylic acids is 1. The van der Waals surface area contributed by atoms with Gasteiger partial charge in [0.2, 0.25) is 0 Å². The van der Waals surface area contributed by atoms with E-state index in [1.165, 1.54) is 19.3 Å². The zero-order valence-corrected chi connectivity index (χ0v) is 16.9. The molecule has 2 N–H and O–H groups in total. The van der Waals surface area contributed by atoms with E-state index in [4.69, 9.17) is 10.5 Å². The van der Waals surface area contributed by atoms with Crippen LogP contribution in [0.4, 0.5) is 4.79 Å². The maximum Gasteiger partial charge on any atom is 0.410 e. The van der Waals surface area contributed by atoms with Crippen molar-refractivity contribution < 1.29 is 9.53 Å². The molecular weight excluding hydrogens is 328 g/mol. The van der Waals surface area contributed by atoms with Crippen LogP contribution in [0, 0.1) is 0 Å². The molecule has 0 radical (unpaired) electrons. The fraction of sp³-hybridized carbons (Fsp3) is 0.700. The molecule has 0 atom stereocenters. The molecule has 6 heteroatoms. The average Bonchev–Trinajstić information content (AvgIpc) is 2.62. The zero-order chi connectivity index (χ0) is 19.4. The molecule has 148 valence electrons. The summed E-state index contributed by atoms with van der Waals surface area (Å²) in [4.78, 5) is 20.1. The molecular formula is C20H36N4O2. The molecule has 2 heterocycles. The number of nitrogens with two attached hydrogens (primary N) is 1. The second-order valence-electron chi connectivity index (χ2n) is 7.54. The van der Waals surface area contributed by atoms with Crippen LogP contribution in [-0.4, -0.2) is 59.2 Å². The highest BCUT2D eigenvalue weighted by molar-refractivity contribution is 5.68. The molecule has 2 rings (SSSR count). The first-order chi connectivity index (χ1) is 12.4. The molecule has 1 saturated heterocycles. The van der Waals surface area contributed by atoms with Gasteiger partial charge in [-0.15, -0.1) is 0 Å². The van der Waals surface area contributed by atoms with Crippen LogP contribution < -0.4 is 5.73 Å². The summed E-state index contributed by atoms with van der Waals surface area (Å²) in [5, 5.41) is 0. The number of hydrogen-bond donors (Lipinski definition) is 1. The lowest BCUT2D eigenvalue weighted by Crippen LogP contribution is -2.50. The van der Waals surface area contributed by atoms with E-state index in [9.17, 15) is 4.79 Å². The summed E-state index contributed by atoms with van der Waals surface area (Å²) in [6.07, 6.45) is 5.39. The van der Waals surface area contributed by atoms with Gasteiger partial charge in [0.15, 0.2) is 0 Å². The summed E-state index contributed by atoms with van der Waals surface area (Å²) in [5.74, 6) is 0. The van der Waals surface area contributed by atoms with Crippen LogP contribution in [0.15, 0.2) is 24.4 Å². The number of piperazine rings is 1. The molecule has 1 aliphatic heterocycles. The van der Waals surface area contributed by atoms with Crippen LogP contribution in [0.3, 0.4) is 0 Å². The van der Waals surface area contributed by atoms with Crippen LogP contribution >= 0.6 is 0 Å². The predicted molar refractivity (Wildman–Crippen MR) is 106 cm³/mol. The van der Waals surface area contributed by atoms with Gasteiger partial charge >= 0.3 is 6.09 Å². The molecule has 0 aromatic carbocycles. The number of pyridine rings is 1. The molecule has 1 amide bonds. The molecule has 1 fully saturated rings. The lowest BCUT2D eigenvalue weighted by atomic mass is 10.2. The summed E-state index contributed by atoms with van der Waals surface area (Å²) >= 11 is 0. The molecule has 6 nitrogen and oxygen atoms in total. The van der Waals surface area contributed by atoms with Gasteiger partial charge in [-0.3, -0.25) is 9.88 Å². The summed E-state index contributed by atoms with van der Waals surface area (Å²) < 4.78 is 5.38. The number of carbonyl (C=O) groups is 1. The van der Waals surface area contributed by atoms with Gasteiger partial charge in [-0.1, -0.05) is 25.8 Å². The lowest BCUT2D eigenvalue weighted by molar-refractivity contribution is 0.0144. The van der Waals surface area contributed by atoms with Crippen molar-refractivity contribution in [1.29, 1.82) is 0 Å². The predicted octanol–water partition coefficient (Wildman–Crippen LogP) is 3.27. The van der Waals surface area contributed by atoms with Crippen LogP contribution in [0.2, 0.25) is 0 Å². The van der Waals surface area contributed by atoms with Crippen molar-refractivity contribution in [2.24, 2.45) is 5.73 Å². The maximum absolute atomic E-state index is 11.9. The molecule has 0 spiro atoms. The quantitative estimate of drug-likeness (QED) is 0.812. The molecule has 26 heavy (non-hydrogen) atoms. The molecule has 1 aromatic heterocycles. The monoisotopic (exact) mass is 364 g/mol. The number of ether oxygens (including phenoxy) is 1. The minimum atomic E-state index is -0.394. The van der Waals surface area contributed by atoms with Crippen LogP contribution in [-0.2, 0) is 11.3 Å². The minimum absolute atomic E-state index is 0.171. The van der Waals surface area contributed by atoms with Crippen molar-refractivity contribution >= 4 is 6.09 Å². The van der Waals surface area contributed by atoms with Gasteiger partial charge in [-0.25, -0.2) is 4.79 Å². The number of nitrogens with zero attached hydrogens (tertiary/aromatic N) is 3. The third-order valence-corrected chi connectivity index (χ3v) is 4.04. The number of rotatable bonds is 5. The molecule has 0 saturated carbocycles. The van der Waals surface area contributed by atoms with Crippen molar-refractivity contribution in [3.05, 3.63) is 30.1 Å². The van der Waals surface area contributed by atoms with Crippen LogP contribution in [0.25, 0.3) is 0 Å². The number of hydrogen-bond acceptors (Lipinski definition) is 5. The molecule has 0 bridgehead atoms. The topological polar surface area (TPSA) is 71.7 Å². The highest BCUT2D eigenvalue weighted by Gasteiger charge is 2.25. The van der Waals surface area contributed by atoms with Crippen molar-refractivity contribution in [2.45, 2.75) is 59.1 Å². The molecule has 0 aliphatic carbocycles. The second-order valence-corrected chi connectivity index (χ2v) is 7.54. The highest BCUT2D eigenvalue weighted by Crippen LogP contribution is 2.12. The highest BCUT2D eigenvalue weighted by atomic mass is 16.6. The van der Waals surface area contributed by atoms with Gasteiger partial charge in [0.05, 0.1) is 5.69 Å². The van der Waals surface area contributed by atoms with Gasteiger partial charge in [0.1, 0.15) is 5.60 Å². The zero-order valence-electron chi connectivity index (χ0n) is 16.9. The van der Waals surface area contributed by atoms with Crippen molar-refractivity contribution in [3.63, 3.8) is 0 Å².